The van der Waals surface area contributed by atoms with Crippen LogP contribution in [-0.2, 0) is 35.2 Å². The van der Waals surface area contributed by atoms with Gasteiger partial charge in [0.15, 0.2) is 0 Å². The Hall–Kier alpha value is -3.85. The maximum absolute atomic E-state index is 12.9. The van der Waals surface area contributed by atoms with Crippen LogP contribution in [0.2, 0.25) is 0 Å². The summed E-state index contributed by atoms with van der Waals surface area (Å²) in [6, 6.07) is 0.504. The van der Waals surface area contributed by atoms with E-state index in [0.29, 0.717) is 11.3 Å². The number of carbonyl (C=O) groups excluding carboxylic acids is 5. The first-order valence-electron chi connectivity index (χ1n) is 11.1. The van der Waals surface area contributed by atoms with E-state index in [0.717, 1.165) is 0 Å². The molecule has 4 unspecified atom stereocenters. The second kappa shape index (κ2) is 15.3. The standard InChI is InChI=1S/C22H32N6O8S/c1-37-7-6-14(20(33)28-16(22(35)36)10-18(25)31)26-21(34)15(9-17(24)30)27-19(32)13(23)8-11-2-4-12(29)5-3-11/h2-5,13-16,29H,6-10,23H2,1H3,(H2,24,30)(H2,25,31)(H,26,34)(H,27,32)(H,28,33)(H,35,36). The van der Waals surface area contributed by atoms with E-state index in [4.69, 9.17) is 17.2 Å². The van der Waals surface area contributed by atoms with Crippen LogP contribution in [0.5, 0.6) is 5.75 Å². The largest absolute Gasteiger partial charge is 0.508 e. The van der Waals surface area contributed by atoms with Crippen molar-refractivity contribution in [1.29, 1.82) is 0 Å². The molecule has 0 heterocycles. The second-order valence-corrected chi connectivity index (χ2v) is 9.11. The Morgan fingerprint density at radius 1 is 0.838 bits per heavy atom. The Kier molecular flexibility index (Phi) is 12.9. The van der Waals surface area contributed by atoms with Crippen molar-refractivity contribution < 1.29 is 39.0 Å². The molecule has 0 aliphatic rings. The van der Waals surface area contributed by atoms with Crippen LogP contribution in [0.25, 0.3) is 0 Å². The number of hydrogen-bond acceptors (Lipinski definition) is 9. The zero-order valence-corrected chi connectivity index (χ0v) is 21.0. The summed E-state index contributed by atoms with van der Waals surface area (Å²) in [5, 5.41) is 25.5. The first-order chi connectivity index (χ1) is 17.3. The Morgan fingerprint density at radius 2 is 1.32 bits per heavy atom. The van der Waals surface area contributed by atoms with E-state index < -0.39 is 72.5 Å². The van der Waals surface area contributed by atoms with E-state index in [2.05, 4.69) is 16.0 Å². The van der Waals surface area contributed by atoms with Gasteiger partial charge in [-0.2, -0.15) is 11.8 Å². The fourth-order valence-electron chi connectivity index (χ4n) is 3.12. The summed E-state index contributed by atoms with van der Waals surface area (Å²) >= 11 is 1.35. The van der Waals surface area contributed by atoms with Gasteiger partial charge in [0.25, 0.3) is 0 Å². The predicted molar refractivity (Wildman–Crippen MR) is 134 cm³/mol. The van der Waals surface area contributed by atoms with Gasteiger partial charge in [-0.25, -0.2) is 4.79 Å². The molecule has 0 fully saturated rings. The minimum atomic E-state index is -1.61. The lowest BCUT2D eigenvalue weighted by atomic mass is 10.0. The number of amides is 5. The summed E-state index contributed by atoms with van der Waals surface area (Å²) in [5.74, 6) is -5.54. The van der Waals surface area contributed by atoms with E-state index in [-0.39, 0.29) is 18.6 Å². The number of carboxylic acid groups (broad SMARTS) is 1. The van der Waals surface area contributed by atoms with Crippen molar-refractivity contribution in [2.24, 2.45) is 17.2 Å². The van der Waals surface area contributed by atoms with Gasteiger partial charge in [0.2, 0.25) is 29.5 Å². The van der Waals surface area contributed by atoms with Gasteiger partial charge in [0.05, 0.1) is 18.9 Å². The van der Waals surface area contributed by atoms with Crippen LogP contribution in [-0.4, -0.2) is 81.9 Å². The fraction of sp³-hybridized carbons (Fsp3) is 0.455. The molecule has 0 aliphatic carbocycles. The van der Waals surface area contributed by atoms with Gasteiger partial charge >= 0.3 is 5.97 Å². The SMILES string of the molecule is CSCCC(NC(=O)C(CC(N)=O)NC(=O)C(N)Cc1ccc(O)cc1)C(=O)NC(CC(N)=O)C(=O)O. The molecule has 0 saturated heterocycles. The molecule has 1 rings (SSSR count). The van der Waals surface area contributed by atoms with Crippen LogP contribution in [0.15, 0.2) is 24.3 Å². The van der Waals surface area contributed by atoms with Crippen LogP contribution in [0.3, 0.4) is 0 Å². The van der Waals surface area contributed by atoms with Crippen molar-refractivity contribution in [2.45, 2.75) is 49.9 Å². The number of phenolic OH excluding ortho intramolecular Hbond substituents is 1. The van der Waals surface area contributed by atoms with E-state index in [1.54, 1.807) is 18.4 Å². The maximum atomic E-state index is 12.9. The minimum absolute atomic E-state index is 0.0318. The molecule has 0 radical (unpaired) electrons. The van der Waals surface area contributed by atoms with Crippen molar-refractivity contribution in [3.63, 3.8) is 0 Å². The molecule has 15 heteroatoms. The topological polar surface area (TPSA) is 257 Å². The smallest absolute Gasteiger partial charge is 0.326 e. The molecule has 4 atom stereocenters. The summed E-state index contributed by atoms with van der Waals surface area (Å²) in [4.78, 5) is 72.3. The summed E-state index contributed by atoms with van der Waals surface area (Å²) in [5.41, 5.74) is 16.8. The molecule has 0 saturated carbocycles. The quantitative estimate of drug-likeness (QED) is 0.108. The molecule has 0 aliphatic heterocycles. The summed E-state index contributed by atoms with van der Waals surface area (Å²) in [7, 11) is 0. The van der Waals surface area contributed by atoms with Crippen LogP contribution >= 0.6 is 11.8 Å². The summed E-state index contributed by atoms with van der Waals surface area (Å²) in [6.07, 6.45) is 0.615. The van der Waals surface area contributed by atoms with Crippen molar-refractivity contribution in [3.8, 4) is 5.75 Å². The molecule has 204 valence electrons. The third-order valence-corrected chi connectivity index (χ3v) is 5.67. The lowest BCUT2D eigenvalue weighted by Gasteiger charge is -2.24. The highest BCUT2D eigenvalue weighted by molar-refractivity contribution is 7.98. The average molecular weight is 541 g/mol. The number of nitrogens with two attached hydrogens (primary N) is 3. The van der Waals surface area contributed by atoms with Crippen molar-refractivity contribution in [3.05, 3.63) is 29.8 Å². The number of nitrogens with one attached hydrogen (secondary N) is 3. The van der Waals surface area contributed by atoms with Gasteiger partial charge in [0, 0.05) is 0 Å². The van der Waals surface area contributed by atoms with E-state index in [1.165, 1.54) is 23.9 Å². The Labute approximate surface area is 217 Å². The molecule has 1 aromatic carbocycles. The second-order valence-electron chi connectivity index (χ2n) is 8.12. The highest BCUT2D eigenvalue weighted by Crippen LogP contribution is 2.11. The van der Waals surface area contributed by atoms with Gasteiger partial charge in [-0.15, -0.1) is 0 Å². The lowest BCUT2D eigenvalue weighted by molar-refractivity contribution is -0.143. The number of phenols is 1. The van der Waals surface area contributed by atoms with Crippen molar-refractivity contribution in [1.82, 2.24) is 16.0 Å². The van der Waals surface area contributed by atoms with Gasteiger partial charge in [-0.3, -0.25) is 24.0 Å². The number of hydrogen-bond donors (Lipinski definition) is 8. The molecular weight excluding hydrogens is 508 g/mol. The molecular formula is C22H32N6O8S. The third-order valence-electron chi connectivity index (χ3n) is 5.03. The molecule has 0 spiro atoms. The van der Waals surface area contributed by atoms with E-state index in [1.807, 2.05) is 0 Å². The highest BCUT2D eigenvalue weighted by atomic mass is 32.2. The number of carbonyl (C=O) groups is 6. The molecule has 0 bridgehead atoms. The van der Waals surface area contributed by atoms with Gasteiger partial charge in [0.1, 0.15) is 23.9 Å². The summed E-state index contributed by atoms with van der Waals surface area (Å²) in [6.45, 7) is 0. The zero-order valence-electron chi connectivity index (χ0n) is 20.1. The molecule has 37 heavy (non-hydrogen) atoms. The van der Waals surface area contributed by atoms with E-state index in [9.17, 15) is 39.0 Å². The van der Waals surface area contributed by atoms with E-state index >= 15 is 0 Å². The molecule has 1 aromatic rings. The van der Waals surface area contributed by atoms with Gasteiger partial charge in [-0.1, -0.05) is 12.1 Å². The minimum Gasteiger partial charge on any atom is -0.508 e. The average Bonchev–Trinajstić information content (AvgIpc) is 2.81. The third kappa shape index (κ3) is 11.6. The first-order valence-corrected chi connectivity index (χ1v) is 12.5. The monoisotopic (exact) mass is 540 g/mol. The van der Waals surface area contributed by atoms with Crippen LogP contribution in [0.4, 0.5) is 0 Å². The number of carboxylic acids is 1. The van der Waals surface area contributed by atoms with Crippen LogP contribution in [0.1, 0.15) is 24.8 Å². The lowest BCUT2D eigenvalue weighted by Crippen LogP contribution is -2.58. The normalized spacial score (nSPS) is 13.9. The number of aromatic hydroxyl groups is 1. The number of thioether (sulfide) groups is 1. The molecule has 11 N–H and O–H groups in total. The number of benzene rings is 1. The Morgan fingerprint density at radius 3 is 1.84 bits per heavy atom. The molecule has 0 aromatic heterocycles. The first kappa shape index (κ1) is 31.2. The van der Waals surface area contributed by atoms with Crippen molar-refractivity contribution in [2.75, 3.05) is 12.0 Å². The number of rotatable bonds is 16. The zero-order chi connectivity index (χ0) is 28.1. The number of primary amides is 2. The predicted octanol–water partition coefficient (Wildman–Crippen LogP) is -2.70. The Balaban J connectivity index is 2.96. The summed E-state index contributed by atoms with van der Waals surface area (Å²) < 4.78 is 0. The Bertz CT molecular complexity index is 990. The molecule has 5 amide bonds. The van der Waals surface area contributed by atoms with Gasteiger partial charge < -0.3 is 43.4 Å². The van der Waals surface area contributed by atoms with Crippen molar-refractivity contribution >= 4 is 47.3 Å². The number of aliphatic carboxylic acids is 1. The molecule has 14 nitrogen and oxygen atoms in total. The fourth-order valence-corrected chi connectivity index (χ4v) is 3.59. The maximum Gasteiger partial charge on any atom is 0.326 e. The highest BCUT2D eigenvalue weighted by Gasteiger charge is 2.31. The van der Waals surface area contributed by atoms with Gasteiger partial charge in [-0.05, 0) is 42.5 Å². The van der Waals surface area contributed by atoms with Crippen LogP contribution in [0, 0.1) is 0 Å². The van der Waals surface area contributed by atoms with Crippen LogP contribution < -0.4 is 33.2 Å².